The van der Waals surface area contributed by atoms with Gasteiger partial charge in [-0.2, -0.15) is 10.2 Å². The molecular weight excluding hydrogens is 441 g/mol. The third-order valence-electron chi connectivity index (χ3n) is 5.70. The standard InChI is InChI=1S/C24H26FN5O2S/c1-14-19(16(3)29(5)27-14)11-30-17(4)23(15(2)28-30)26-24(31)22-10-18(13-33-22)12-32-21-9-7-6-8-20(21)25/h6-10,13H,11-12H2,1-5H3,(H,26,31). The second kappa shape index (κ2) is 9.19. The minimum absolute atomic E-state index is 0.185. The molecule has 1 amide bonds. The number of amides is 1. The van der Waals surface area contributed by atoms with Crippen LogP contribution in [0.1, 0.15) is 43.6 Å². The number of aryl methyl sites for hydroxylation is 3. The van der Waals surface area contributed by atoms with Crippen molar-refractivity contribution < 1.29 is 13.9 Å². The van der Waals surface area contributed by atoms with Gasteiger partial charge in [-0.05, 0) is 51.3 Å². The molecule has 1 N–H and O–H groups in total. The average Bonchev–Trinajstić information content (AvgIpc) is 3.43. The summed E-state index contributed by atoms with van der Waals surface area (Å²) in [6, 6.07) is 8.02. The Kier molecular flexibility index (Phi) is 6.33. The smallest absolute Gasteiger partial charge is 0.265 e. The van der Waals surface area contributed by atoms with Crippen LogP contribution >= 0.6 is 11.3 Å². The zero-order chi connectivity index (χ0) is 23.7. The lowest BCUT2D eigenvalue weighted by molar-refractivity contribution is 0.103. The number of hydrogen-bond acceptors (Lipinski definition) is 5. The van der Waals surface area contributed by atoms with Crippen molar-refractivity contribution in [2.24, 2.45) is 7.05 Å². The summed E-state index contributed by atoms with van der Waals surface area (Å²) in [5.74, 6) is -0.436. The number of nitrogens with one attached hydrogen (secondary N) is 1. The molecule has 7 nitrogen and oxygen atoms in total. The highest BCUT2D eigenvalue weighted by atomic mass is 32.1. The Bertz CT molecular complexity index is 1320. The molecule has 0 unspecified atom stereocenters. The number of para-hydroxylation sites is 1. The van der Waals surface area contributed by atoms with Crippen LogP contribution in [-0.2, 0) is 20.2 Å². The van der Waals surface area contributed by atoms with Crippen LogP contribution in [-0.4, -0.2) is 25.5 Å². The lowest BCUT2D eigenvalue weighted by Crippen LogP contribution is -2.12. The number of ether oxygens (including phenoxy) is 1. The van der Waals surface area contributed by atoms with Crippen molar-refractivity contribution in [3.05, 3.63) is 80.3 Å². The molecule has 0 fully saturated rings. The Morgan fingerprint density at radius 1 is 1.12 bits per heavy atom. The van der Waals surface area contributed by atoms with Gasteiger partial charge in [-0.25, -0.2) is 4.39 Å². The monoisotopic (exact) mass is 467 g/mol. The number of nitrogens with zero attached hydrogens (tertiary/aromatic N) is 4. The van der Waals surface area contributed by atoms with Crippen molar-refractivity contribution in [3.63, 3.8) is 0 Å². The molecule has 0 aliphatic heterocycles. The molecule has 9 heteroatoms. The molecule has 4 aromatic rings. The van der Waals surface area contributed by atoms with Crippen LogP contribution in [0, 0.1) is 33.5 Å². The maximum Gasteiger partial charge on any atom is 0.265 e. The molecule has 0 aliphatic rings. The van der Waals surface area contributed by atoms with E-state index in [0.29, 0.717) is 17.1 Å². The molecule has 0 saturated heterocycles. The Hall–Kier alpha value is -3.46. The highest BCUT2D eigenvalue weighted by molar-refractivity contribution is 7.12. The van der Waals surface area contributed by atoms with E-state index in [4.69, 9.17) is 4.74 Å². The number of carbonyl (C=O) groups excluding carboxylic acids is 1. The predicted octanol–water partition coefficient (Wildman–Crippen LogP) is 4.93. The van der Waals surface area contributed by atoms with Crippen molar-refractivity contribution in [1.82, 2.24) is 19.6 Å². The van der Waals surface area contributed by atoms with Crippen molar-refractivity contribution in [2.75, 3.05) is 5.32 Å². The topological polar surface area (TPSA) is 74.0 Å². The number of hydrogen-bond donors (Lipinski definition) is 1. The van der Waals surface area contributed by atoms with Gasteiger partial charge in [0.05, 0.1) is 34.2 Å². The van der Waals surface area contributed by atoms with Crippen molar-refractivity contribution >= 4 is 22.9 Å². The minimum Gasteiger partial charge on any atom is -0.486 e. The predicted molar refractivity (Wildman–Crippen MR) is 126 cm³/mol. The summed E-state index contributed by atoms with van der Waals surface area (Å²) >= 11 is 1.32. The van der Waals surface area contributed by atoms with Gasteiger partial charge >= 0.3 is 0 Å². The molecule has 0 radical (unpaired) electrons. The van der Waals surface area contributed by atoms with Gasteiger partial charge < -0.3 is 10.1 Å². The van der Waals surface area contributed by atoms with Crippen LogP contribution in [0.4, 0.5) is 10.1 Å². The van der Waals surface area contributed by atoms with E-state index in [1.807, 2.05) is 49.5 Å². The summed E-state index contributed by atoms with van der Waals surface area (Å²) in [4.78, 5) is 13.4. The average molecular weight is 468 g/mol. The van der Waals surface area contributed by atoms with Gasteiger partial charge in [0.2, 0.25) is 0 Å². The normalized spacial score (nSPS) is 11.1. The molecule has 3 aromatic heterocycles. The molecule has 3 heterocycles. The van der Waals surface area contributed by atoms with Crippen LogP contribution in [0.3, 0.4) is 0 Å². The third kappa shape index (κ3) is 4.68. The Labute approximate surface area is 195 Å². The van der Waals surface area contributed by atoms with Gasteiger partial charge in [0, 0.05) is 23.9 Å². The first-order valence-electron chi connectivity index (χ1n) is 10.5. The summed E-state index contributed by atoms with van der Waals surface area (Å²) in [7, 11) is 1.93. The minimum atomic E-state index is -0.412. The van der Waals surface area contributed by atoms with Crippen molar-refractivity contribution in [1.29, 1.82) is 0 Å². The van der Waals surface area contributed by atoms with Crippen LogP contribution in [0.2, 0.25) is 0 Å². The number of halogens is 1. The Balaban J connectivity index is 1.45. The summed E-state index contributed by atoms with van der Waals surface area (Å²) in [6.45, 7) is 8.62. The number of carbonyl (C=O) groups is 1. The van der Waals surface area contributed by atoms with E-state index in [0.717, 1.165) is 33.9 Å². The summed E-state index contributed by atoms with van der Waals surface area (Å²) in [5.41, 5.74) is 6.32. The SMILES string of the molecule is Cc1nn(C)c(C)c1Cn1nc(C)c(NC(=O)c2cc(COc3ccccc3F)cs2)c1C. The Morgan fingerprint density at radius 2 is 1.88 bits per heavy atom. The number of aromatic nitrogens is 4. The molecule has 0 spiro atoms. The van der Waals surface area contributed by atoms with E-state index in [1.165, 1.54) is 17.4 Å². The van der Waals surface area contributed by atoms with Gasteiger partial charge in [0.25, 0.3) is 5.91 Å². The van der Waals surface area contributed by atoms with Gasteiger partial charge in [-0.3, -0.25) is 14.2 Å². The molecule has 0 saturated carbocycles. The highest BCUT2D eigenvalue weighted by Gasteiger charge is 2.19. The summed E-state index contributed by atoms with van der Waals surface area (Å²) in [6.07, 6.45) is 0. The third-order valence-corrected chi connectivity index (χ3v) is 6.67. The largest absolute Gasteiger partial charge is 0.486 e. The summed E-state index contributed by atoms with van der Waals surface area (Å²) < 4.78 is 23.0. The van der Waals surface area contributed by atoms with Crippen LogP contribution in [0.5, 0.6) is 5.75 Å². The van der Waals surface area contributed by atoms with Gasteiger partial charge in [-0.15, -0.1) is 11.3 Å². The van der Waals surface area contributed by atoms with E-state index in [9.17, 15) is 9.18 Å². The first-order valence-corrected chi connectivity index (χ1v) is 11.4. The van der Waals surface area contributed by atoms with E-state index in [1.54, 1.807) is 24.3 Å². The number of rotatable bonds is 7. The zero-order valence-electron chi connectivity index (χ0n) is 19.3. The van der Waals surface area contributed by atoms with Gasteiger partial charge in [0.1, 0.15) is 6.61 Å². The Morgan fingerprint density at radius 3 is 2.58 bits per heavy atom. The van der Waals surface area contributed by atoms with E-state index in [2.05, 4.69) is 15.5 Å². The van der Waals surface area contributed by atoms with E-state index in [-0.39, 0.29) is 18.3 Å². The molecule has 0 atom stereocenters. The highest BCUT2D eigenvalue weighted by Crippen LogP contribution is 2.25. The molecule has 172 valence electrons. The molecule has 4 rings (SSSR count). The lowest BCUT2D eigenvalue weighted by atomic mass is 10.2. The number of thiophene rings is 1. The molecule has 0 aliphatic carbocycles. The van der Waals surface area contributed by atoms with E-state index >= 15 is 0 Å². The van der Waals surface area contributed by atoms with Crippen LogP contribution in [0.15, 0.2) is 35.7 Å². The molecule has 33 heavy (non-hydrogen) atoms. The molecule has 1 aromatic carbocycles. The fourth-order valence-electron chi connectivity index (χ4n) is 3.70. The quantitative estimate of drug-likeness (QED) is 0.418. The van der Waals surface area contributed by atoms with Gasteiger partial charge in [-0.1, -0.05) is 12.1 Å². The van der Waals surface area contributed by atoms with Crippen molar-refractivity contribution in [2.45, 2.75) is 40.8 Å². The first kappa shape index (κ1) is 22.7. The fraction of sp³-hybridized carbons (Fsp3) is 0.292. The maximum atomic E-state index is 13.7. The van der Waals surface area contributed by atoms with Crippen LogP contribution in [0.25, 0.3) is 0 Å². The molecular formula is C24H26FN5O2S. The second-order valence-electron chi connectivity index (χ2n) is 7.97. The van der Waals surface area contributed by atoms with Crippen molar-refractivity contribution in [3.8, 4) is 5.75 Å². The van der Waals surface area contributed by atoms with Gasteiger partial charge in [0.15, 0.2) is 11.6 Å². The molecule has 0 bridgehead atoms. The first-order chi connectivity index (χ1) is 15.7. The fourth-order valence-corrected chi connectivity index (χ4v) is 4.49. The number of benzene rings is 1. The lowest BCUT2D eigenvalue weighted by Gasteiger charge is -2.07. The van der Waals surface area contributed by atoms with E-state index < -0.39 is 5.82 Å². The second-order valence-corrected chi connectivity index (χ2v) is 8.88. The maximum absolute atomic E-state index is 13.7. The van der Waals surface area contributed by atoms with Crippen LogP contribution < -0.4 is 10.1 Å². The number of anilines is 1. The summed E-state index contributed by atoms with van der Waals surface area (Å²) in [5, 5.41) is 13.9. The zero-order valence-corrected chi connectivity index (χ0v) is 20.1.